The Hall–Kier alpha value is -2.37. The standard InChI is InChI=1S/C18H17Cl2N3O2/c1-25-13-3-5-17-14(9-13)11(10-22-17)6-7-21-18(24)23-12-2-4-15(19)16(20)8-12/h2-5,8-10,22H,6-7H2,1H3,(H2,21,23,24). The monoisotopic (exact) mass is 377 g/mol. The molecule has 0 saturated heterocycles. The molecular weight excluding hydrogens is 361 g/mol. The lowest BCUT2D eigenvalue weighted by Crippen LogP contribution is -2.30. The number of benzene rings is 2. The van der Waals surface area contributed by atoms with Gasteiger partial charge in [-0.2, -0.15) is 0 Å². The van der Waals surface area contributed by atoms with Crippen molar-refractivity contribution in [2.24, 2.45) is 0 Å². The van der Waals surface area contributed by atoms with E-state index >= 15 is 0 Å². The summed E-state index contributed by atoms with van der Waals surface area (Å²) in [5.41, 5.74) is 2.74. The van der Waals surface area contributed by atoms with Crippen LogP contribution < -0.4 is 15.4 Å². The van der Waals surface area contributed by atoms with Crippen LogP contribution in [0.4, 0.5) is 10.5 Å². The highest BCUT2D eigenvalue weighted by Crippen LogP contribution is 2.25. The van der Waals surface area contributed by atoms with Gasteiger partial charge in [0.15, 0.2) is 0 Å². The van der Waals surface area contributed by atoms with Crippen molar-refractivity contribution in [3.05, 3.63) is 58.2 Å². The number of fused-ring (bicyclic) bond motifs is 1. The van der Waals surface area contributed by atoms with E-state index in [2.05, 4.69) is 15.6 Å². The van der Waals surface area contributed by atoms with Gasteiger partial charge in [-0.3, -0.25) is 0 Å². The van der Waals surface area contributed by atoms with Gasteiger partial charge in [0.1, 0.15) is 5.75 Å². The van der Waals surface area contributed by atoms with Crippen molar-refractivity contribution in [2.45, 2.75) is 6.42 Å². The topological polar surface area (TPSA) is 66.1 Å². The van der Waals surface area contributed by atoms with Crippen LogP contribution in [0.3, 0.4) is 0 Å². The Kier molecular flexibility index (Phi) is 5.36. The van der Waals surface area contributed by atoms with E-state index in [0.29, 0.717) is 28.7 Å². The normalized spacial score (nSPS) is 10.7. The number of rotatable bonds is 5. The molecule has 7 heteroatoms. The number of nitrogens with one attached hydrogen (secondary N) is 3. The SMILES string of the molecule is COc1ccc2[nH]cc(CCNC(=O)Nc3ccc(Cl)c(Cl)c3)c2c1. The van der Waals surface area contributed by atoms with Gasteiger partial charge in [-0.05, 0) is 48.4 Å². The lowest BCUT2D eigenvalue weighted by atomic mass is 10.1. The molecular formula is C18H17Cl2N3O2. The first kappa shape index (κ1) is 17.5. The number of aromatic amines is 1. The molecule has 2 amide bonds. The largest absolute Gasteiger partial charge is 0.497 e. The molecule has 0 aliphatic carbocycles. The molecule has 3 aromatic rings. The van der Waals surface area contributed by atoms with Gasteiger partial charge in [-0.1, -0.05) is 23.2 Å². The molecule has 1 aromatic heterocycles. The molecule has 5 nitrogen and oxygen atoms in total. The Balaban J connectivity index is 1.57. The van der Waals surface area contributed by atoms with Crippen molar-refractivity contribution >= 4 is 45.8 Å². The zero-order chi connectivity index (χ0) is 17.8. The van der Waals surface area contributed by atoms with Crippen LogP contribution in [0.1, 0.15) is 5.56 Å². The van der Waals surface area contributed by atoms with Crippen LogP contribution in [0.25, 0.3) is 10.9 Å². The molecule has 0 aliphatic rings. The lowest BCUT2D eigenvalue weighted by Gasteiger charge is -2.08. The van der Waals surface area contributed by atoms with Gasteiger partial charge in [-0.25, -0.2) is 4.79 Å². The fourth-order valence-corrected chi connectivity index (χ4v) is 2.85. The summed E-state index contributed by atoms with van der Waals surface area (Å²) in [4.78, 5) is 15.2. The van der Waals surface area contributed by atoms with E-state index in [1.54, 1.807) is 25.3 Å². The predicted molar refractivity (Wildman–Crippen MR) is 102 cm³/mol. The Labute approximate surface area is 155 Å². The first-order chi connectivity index (χ1) is 12.1. The van der Waals surface area contributed by atoms with Crippen LogP contribution in [0, 0.1) is 0 Å². The van der Waals surface area contributed by atoms with E-state index in [0.717, 1.165) is 22.2 Å². The number of urea groups is 1. The summed E-state index contributed by atoms with van der Waals surface area (Å²) in [6, 6.07) is 10.5. The highest BCUT2D eigenvalue weighted by Gasteiger charge is 2.07. The predicted octanol–water partition coefficient (Wildman–Crippen LogP) is 4.85. The summed E-state index contributed by atoms with van der Waals surface area (Å²) in [5.74, 6) is 0.804. The van der Waals surface area contributed by atoms with E-state index in [9.17, 15) is 4.79 Å². The molecule has 25 heavy (non-hydrogen) atoms. The summed E-state index contributed by atoms with van der Waals surface area (Å²) in [7, 11) is 1.64. The lowest BCUT2D eigenvalue weighted by molar-refractivity contribution is 0.252. The molecule has 0 atom stereocenters. The number of carbonyl (C=O) groups excluding carboxylic acids is 1. The molecule has 3 rings (SSSR count). The summed E-state index contributed by atoms with van der Waals surface area (Å²) >= 11 is 11.8. The Bertz CT molecular complexity index is 908. The number of halogens is 2. The maximum absolute atomic E-state index is 12.0. The maximum atomic E-state index is 12.0. The number of hydrogen-bond acceptors (Lipinski definition) is 2. The molecule has 0 spiro atoms. The van der Waals surface area contributed by atoms with Crippen LogP contribution in [0.2, 0.25) is 10.0 Å². The molecule has 0 saturated carbocycles. The summed E-state index contributed by atoms with van der Waals surface area (Å²) in [5, 5.41) is 7.48. The second kappa shape index (κ2) is 7.68. The van der Waals surface area contributed by atoms with Gasteiger partial charge in [-0.15, -0.1) is 0 Å². The van der Waals surface area contributed by atoms with Crippen LogP contribution in [0.15, 0.2) is 42.6 Å². The molecule has 130 valence electrons. The van der Waals surface area contributed by atoms with Gasteiger partial charge >= 0.3 is 6.03 Å². The van der Waals surface area contributed by atoms with Crippen LogP contribution in [-0.2, 0) is 6.42 Å². The van der Waals surface area contributed by atoms with Crippen molar-refractivity contribution in [3.63, 3.8) is 0 Å². The zero-order valence-corrected chi connectivity index (χ0v) is 15.0. The molecule has 2 aromatic carbocycles. The van der Waals surface area contributed by atoms with Gasteiger partial charge in [0.25, 0.3) is 0 Å². The highest BCUT2D eigenvalue weighted by atomic mass is 35.5. The van der Waals surface area contributed by atoms with E-state index < -0.39 is 0 Å². The second-order valence-electron chi connectivity index (χ2n) is 5.49. The Morgan fingerprint density at radius 1 is 1.16 bits per heavy atom. The number of hydrogen-bond donors (Lipinski definition) is 3. The first-order valence-electron chi connectivity index (χ1n) is 7.70. The van der Waals surface area contributed by atoms with Crippen molar-refractivity contribution < 1.29 is 9.53 Å². The number of methoxy groups -OCH3 is 1. The number of aromatic nitrogens is 1. The summed E-state index contributed by atoms with van der Waals surface area (Å²) in [6.45, 7) is 0.497. The third kappa shape index (κ3) is 4.18. The highest BCUT2D eigenvalue weighted by molar-refractivity contribution is 6.42. The number of ether oxygens (including phenoxy) is 1. The summed E-state index contributed by atoms with van der Waals surface area (Å²) in [6.07, 6.45) is 2.64. The number of anilines is 1. The van der Waals surface area contributed by atoms with E-state index in [1.807, 2.05) is 24.4 Å². The third-order valence-corrected chi connectivity index (χ3v) is 4.57. The average molecular weight is 378 g/mol. The second-order valence-corrected chi connectivity index (χ2v) is 6.30. The summed E-state index contributed by atoms with van der Waals surface area (Å²) < 4.78 is 5.26. The van der Waals surface area contributed by atoms with Crippen LogP contribution >= 0.6 is 23.2 Å². The molecule has 0 bridgehead atoms. The number of H-pyrrole nitrogens is 1. The van der Waals surface area contributed by atoms with Gasteiger partial charge < -0.3 is 20.4 Å². The number of carbonyl (C=O) groups is 1. The van der Waals surface area contributed by atoms with Crippen LogP contribution in [0.5, 0.6) is 5.75 Å². The fraction of sp³-hybridized carbons (Fsp3) is 0.167. The average Bonchev–Trinajstić information content (AvgIpc) is 3.00. The quantitative estimate of drug-likeness (QED) is 0.594. The van der Waals surface area contributed by atoms with Crippen molar-refractivity contribution in [3.8, 4) is 5.75 Å². The molecule has 3 N–H and O–H groups in total. The molecule has 1 heterocycles. The Morgan fingerprint density at radius 3 is 2.76 bits per heavy atom. The maximum Gasteiger partial charge on any atom is 0.319 e. The minimum Gasteiger partial charge on any atom is -0.497 e. The van der Waals surface area contributed by atoms with Gasteiger partial charge in [0.05, 0.1) is 17.2 Å². The van der Waals surface area contributed by atoms with Crippen molar-refractivity contribution in [1.82, 2.24) is 10.3 Å². The van der Waals surface area contributed by atoms with E-state index in [1.165, 1.54) is 0 Å². The molecule has 0 fully saturated rings. The minimum absolute atomic E-state index is 0.296. The van der Waals surface area contributed by atoms with Crippen molar-refractivity contribution in [2.75, 3.05) is 19.0 Å². The van der Waals surface area contributed by atoms with Crippen LogP contribution in [-0.4, -0.2) is 24.7 Å². The fourth-order valence-electron chi connectivity index (χ4n) is 2.55. The first-order valence-corrected chi connectivity index (χ1v) is 8.46. The van der Waals surface area contributed by atoms with Gasteiger partial charge in [0, 0.05) is 29.3 Å². The van der Waals surface area contributed by atoms with Crippen molar-refractivity contribution in [1.29, 1.82) is 0 Å². The minimum atomic E-state index is -0.296. The molecule has 0 aliphatic heterocycles. The van der Waals surface area contributed by atoms with E-state index in [4.69, 9.17) is 27.9 Å². The van der Waals surface area contributed by atoms with E-state index in [-0.39, 0.29) is 6.03 Å². The number of amides is 2. The smallest absolute Gasteiger partial charge is 0.319 e. The van der Waals surface area contributed by atoms with Gasteiger partial charge in [0.2, 0.25) is 0 Å². The molecule has 0 radical (unpaired) electrons. The Morgan fingerprint density at radius 2 is 2.00 bits per heavy atom. The third-order valence-electron chi connectivity index (χ3n) is 3.83. The molecule has 0 unspecified atom stereocenters. The zero-order valence-electron chi connectivity index (χ0n) is 13.5.